The summed E-state index contributed by atoms with van der Waals surface area (Å²) in [5, 5.41) is 0. The van der Waals surface area contributed by atoms with Gasteiger partial charge in [-0.2, -0.15) is 0 Å². The Kier molecular flexibility index (Phi) is 14.8. The lowest BCUT2D eigenvalue weighted by atomic mass is 9.81. The van der Waals surface area contributed by atoms with Gasteiger partial charge in [-0.1, -0.05) is 45.5 Å². The number of methoxy groups -OCH3 is 4. The molecule has 0 radical (unpaired) electrons. The van der Waals surface area contributed by atoms with Gasteiger partial charge in [0.25, 0.3) is 0 Å². The van der Waals surface area contributed by atoms with Gasteiger partial charge in [-0.15, -0.1) is 29.9 Å². The van der Waals surface area contributed by atoms with Crippen molar-refractivity contribution in [2.45, 2.75) is 61.2 Å². The Morgan fingerprint density at radius 1 is 0.660 bits per heavy atom. The fourth-order valence-electron chi connectivity index (χ4n) is 5.72. The summed E-state index contributed by atoms with van der Waals surface area (Å²) in [5.74, 6) is 12.0. The molecule has 4 aromatic carbocycles. The lowest BCUT2D eigenvalue weighted by Gasteiger charge is -2.32. The van der Waals surface area contributed by atoms with Crippen LogP contribution in [0.1, 0.15) is 89.1 Å². The summed E-state index contributed by atoms with van der Waals surface area (Å²) in [7, 11) is 5.85. The van der Waals surface area contributed by atoms with Gasteiger partial charge in [-0.05, 0) is 142 Å². The number of hydrogen-bond acceptors (Lipinski definition) is 8. The van der Waals surface area contributed by atoms with E-state index in [2.05, 4.69) is 103 Å². The molecule has 0 unspecified atom stereocenters. The molecule has 9 heteroatoms. The van der Waals surface area contributed by atoms with Crippen molar-refractivity contribution in [1.29, 1.82) is 0 Å². The quantitative estimate of drug-likeness (QED) is 0.114. The summed E-state index contributed by atoms with van der Waals surface area (Å²) in [4.78, 5) is 25.5. The van der Waals surface area contributed by atoms with Crippen LogP contribution in [0.5, 0.6) is 11.5 Å². The summed E-state index contributed by atoms with van der Waals surface area (Å²) in [6.45, 7) is 9.17. The van der Waals surface area contributed by atoms with Crippen LogP contribution in [-0.4, -0.2) is 51.9 Å². The van der Waals surface area contributed by atoms with E-state index in [0.29, 0.717) is 22.6 Å². The monoisotopic (exact) mass is 860 g/mol. The van der Waals surface area contributed by atoms with Gasteiger partial charge >= 0.3 is 11.9 Å². The number of halogens is 1. The standard InChI is InChI=1S/C22H22O3S.C13H14S.C9H9IO3/c1-22(2)11-12-26-20-10-6-15(13-18(20)22)5-7-16-8-9-17(21(23)25-4)14-19(16)24-3;1-4-10-5-6-12-11(9-10)13(2,3)7-8-14-12;1-12-8-5-6(9(11)13-2)3-4-7(8)10/h6,8-10,13-14H,11-12H2,1-4H3;1,5-6,9H,7-8H2,2-3H3;3-5H,1-2H3. The second-order valence-electron chi connectivity index (χ2n) is 13.5. The van der Waals surface area contributed by atoms with E-state index >= 15 is 0 Å². The van der Waals surface area contributed by atoms with Crippen molar-refractivity contribution < 1.29 is 28.5 Å². The molecule has 2 heterocycles. The van der Waals surface area contributed by atoms with Gasteiger partial charge in [0.15, 0.2) is 0 Å². The minimum atomic E-state index is -0.391. The second-order valence-corrected chi connectivity index (χ2v) is 17.0. The number of carbonyl (C=O) groups is 2. The molecular formula is C44H45IO6S2. The van der Waals surface area contributed by atoms with Gasteiger partial charge in [0.05, 0.1) is 48.7 Å². The van der Waals surface area contributed by atoms with Crippen LogP contribution in [0.4, 0.5) is 0 Å². The highest BCUT2D eigenvalue weighted by Gasteiger charge is 2.28. The van der Waals surface area contributed by atoms with Gasteiger partial charge in [-0.25, -0.2) is 9.59 Å². The van der Waals surface area contributed by atoms with Gasteiger partial charge in [0.1, 0.15) is 11.5 Å². The molecule has 0 saturated carbocycles. The molecule has 53 heavy (non-hydrogen) atoms. The van der Waals surface area contributed by atoms with E-state index in [-0.39, 0.29) is 16.8 Å². The molecule has 2 aliphatic rings. The number of carbonyl (C=O) groups excluding carboxylic acids is 2. The Labute approximate surface area is 336 Å². The zero-order chi connectivity index (χ0) is 38.8. The Bertz CT molecular complexity index is 2070. The molecule has 0 atom stereocenters. The normalized spacial score (nSPS) is 14.3. The Morgan fingerprint density at radius 2 is 1.15 bits per heavy atom. The van der Waals surface area contributed by atoms with Crippen molar-refractivity contribution in [1.82, 2.24) is 0 Å². The minimum absolute atomic E-state index is 0.179. The first-order valence-corrected chi connectivity index (χ1v) is 20.0. The van der Waals surface area contributed by atoms with Crippen molar-refractivity contribution in [3.63, 3.8) is 0 Å². The van der Waals surface area contributed by atoms with E-state index in [9.17, 15) is 9.59 Å². The van der Waals surface area contributed by atoms with Gasteiger partial charge in [0.2, 0.25) is 0 Å². The number of hydrogen-bond donors (Lipinski definition) is 0. The third-order valence-electron chi connectivity index (χ3n) is 9.09. The highest BCUT2D eigenvalue weighted by molar-refractivity contribution is 14.1. The highest BCUT2D eigenvalue weighted by Crippen LogP contribution is 2.42. The summed E-state index contributed by atoms with van der Waals surface area (Å²) in [6.07, 6.45) is 7.82. The van der Waals surface area contributed by atoms with Crippen LogP contribution in [0.25, 0.3) is 0 Å². The minimum Gasteiger partial charge on any atom is -0.496 e. The van der Waals surface area contributed by atoms with Crippen LogP contribution < -0.4 is 9.47 Å². The van der Waals surface area contributed by atoms with Crippen LogP contribution in [0, 0.1) is 27.8 Å². The summed E-state index contributed by atoms with van der Waals surface area (Å²) < 4.78 is 20.7. The van der Waals surface area contributed by atoms with Crippen LogP contribution in [0.3, 0.4) is 0 Å². The topological polar surface area (TPSA) is 71.1 Å². The average molecular weight is 861 g/mol. The van der Waals surface area contributed by atoms with Gasteiger partial charge < -0.3 is 18.9 Å². The number of benzene rings is 4. The number of rotatable bonds is 4. The SMILES string of the molecule is C#Cc1ccc2c(c1)C(C)(C)CCS2.COC(=O)c1ccc(C#Cc2ccc3c(c2)C(C)(C)CCS3)c(OC)c1.COC(=O)c1ccc(I)c(OC)c1. The van der Waals surface area contributed by atoms with Crippen LogP contribution in [0.2, 0.25) is 0 Å². The molecule has 0 N–H and O–H groups in total. The smallest absolute Gasteiger partial charge is 0.337 e. The molecule has 0 bridgehead atoms. The molecule has 2 aliphatic heterocycles. The fourth-order valence-corrected chi connectivity index (χ4v) is 9.25. The van der Waals surface area contributed by atoms with Crippen molar-refractivity contribution in [2.75, 3.05) is 39.9 Å². The molecule has 0 spiro atoms. The lowest BCUT2D eigenvalue weighted by Crippen LogP contribution is -2.22. The predicted molar refractivity (Wildman–Crippen MR) is 225 cm³/mol. The van der Waals surface area contributed by atoms with Gasteiger partial charge in [-0.3, -0.25) is 0 Å². The first-order chi connectivity index (χ1) is 25.3. The summed E-state index contributed by atoms with van der Waals surface area (Å²) >= 11 is 5.99. The number of thioether (sulfide) groups is 2. The Balaban J connectivity index is 0.000000196. The maximum atomic E-state index is 11.7. The highest BCUT2D eigenvalue weighted by atomic mass is 127. The molecule has 0 aliphatic carbocycles. The largest absolute Gasteiger partial charge is 0.496 e. The Hall–Kier alpha value is -4.03. The van der Waals surface area contributed by atoms with Crippen molar-refractivity contribution >= 4 is 58.1 Å². The number of ether oxygens (including phenoxy) is 4. The maximum Gasteiger partial charge on any atom is 0.337 e. The molecular weight excluding hydrogens is 816 g/mol. The zero-order valence-corrected chi connectivity index (χ0v) is 35.3. The third kappa shape index (κ3) is 10.8. The van der Waals surface area contributed by atoms with E-state index < -0.39 is 5.97 Å². The molecule has 6 rings (SSSR count). The van der Waals surface area contributed by atoms with Crippen molar-refractivity contribution in [3.8, 4) is 35.7 Å². The molecule has 0 amide bonds. The van der Waals surface area contributed by atoms with Gasteiger partial charge in [0, 0.05) is 20.9 Å². The second kappa shape index (κ2) is 18.8. The van der Waals surface area contributed by atoms with Crippen molar-refractivity contribution in [3.05, 3.63) is 115 Å². The van der Waals surface area contributed by atoms with E-state index in [1.807, 2.05) is 35.7 Å². The van der Waals surface area contributed by atoms with Crippen LogP contribution in [-0.2, 0) is 20.3 Å². The molecule has 0 saturated heterocycles. The fraction of sp³-hybridized carbons (Fsp3) is 0.318. The first kappa shape index (κ1) is 41.7. The first-order valence-electron chi connectivity index (χ1n) is 17.0. The Morgan fingerprint density at radius 3 is 1.66 bits per heavy atom. The third-order valence-corrected chi connectivity index (χ3v) is 12.1. The molecule has 276 valence electrons. The zero-order valence-electron chi connectivity index (χ0n) is 31.5. The van der Waals surface area contributed by atoms with Crippen LogP contribution in [0.15, 0.2) is 82.6 Å². The summed E-state index contributed by atoms with van der Waals surface area (Å²) in [6, 6.07) is 23.1. The van der Waals surface area contributed by atoms with Crippen LogP contribution >= 0.6 is 46.1 Å². The molecule has 6 nitrogen and oxygen atoms in total. The molecule has 4 aromatic rings. The maximum absolute atomic E-state index is 11.7. The predicted octanol–water partition coefficient (Wildman–Crippen LogP) is 10.2. The van der Waals surface area contributed by atoms with E-state index in [1.165, 1.54) is 53.7 Å². The van der Waals surface area contributed by atoms with E-state index in [4.69, 9.17) is 20.6 Å². The summed E-state index contributed by atoms with van der Waals surface area (Å²) in [5.41, 5.74) is 6.93. The number of esters is 2. The lowest BCUT2D eigenvalue weighted by molar-refractivity contribution is 0.0591. The van der Waals surface area contributed by atoms with E-state index in [0.717, 1.165) is 26.0 Å². The number of terminal acetylenes is 1. The van der Waals surface area contributed by atoms with Crippen molar-refractivity contribution in [2.24, 2.45) is 0 Å². The number of fused-ring (bicyclic) bond motifs is 2. The molecule has 0 fully saturated rings. The van der Waals surface area contributed by atoms with E-state index in [1.54, 1.807) is 44.6 Å². The average Bonchev–Trinajstić information content (AvgIpc) is 3.17. The molecule has 0 aromatic heterocycles.